The van der Waals surface area contributed by atoms with Gasteiger partial charge in [0.15, 0.2) is 6.61 Å². The second-order valence-corrected chi connectivity index (χ2v) is 7.80. The lowest BCUT2D eigenvalue weighted by Gasteiger charge is -2.35. The number of benzene rings is 1. The average molecular weight is 446 g/mol. The Kier molecular flexibility index (Phi) is 6.11. The summed E-state index contributed by atoms with van der Waals surface area (Å²) in [5, 5.41) is 0.910. The Hall–Kier alpha value is -2.77. The third-order valence-corrected chi connectivity index (χ3v) is 5.41. The molecule has 1 aromatic carbocycles. The zero-order valence-corrected chi connectivity index (χ0v) is 18.0. The molecule has 0 aliphatic carbocycles. The Morgan fingerprint density at radius 1 is 1.03 bits per heavy atom. The van der Waals surface area contributed by atoms with Crippen molar-refractivity contribution >= 4 is 34.9 Å². The van der Waals surface area contributed by atoms with Crippen LogP contribution in [0, 0.1) is 6.92 Å². The van der Waals surface area contributed by atoms with Crippen LogP contribution in [0.3, 0.4) is 0 Å². The quantitative estimate of drug-likeness (QED) is 0.599. The molecule has 30 heavy (non-hydrogen) atoms. The maximum Gasteiger partial charge on any atom is 0.260 e. The summed E-state index contributed by atoms with van der Waals surface area (Å²) in [6, 6.07) is 10.8. The molecule has 3 heterocycles. The molecule has 1 aliphatic heterocycles. The number of anilines is 1. The van der Waals surface area contributed by atoms with E-state index >= 15 is 0 Å². The van der Waals surface area contributed by atoms with Crippen molar-refractivity contribution in [2.45, 2.75) is 6.92 Å². The monoisotopic (exact) mass is 445 g/mol. The summed E-state index contributed by atoms with van der Waals surface area (Å²) >= 11 is 12.0. The molecule has 1 amide bonds. The van der Waals surface area contributed by atoms with Gasteiger partial charge in [0, 0.05) is 49.7 Å². The van der Waals surface area contributed by atoms with Crippen LogP contribution in [-0.4, -0.2) is 58.1 Å². The largest absolute Gasteiger partial charge is 0.482 e. The number of carbonyl (C=O) groups is 1. The first kappa shape index (κ1) is 20.5. The molecular weight excluding hydrogens is 425 g/mol. The lowest BCUT2D eigenvalue weighted by atomic mass is 10.3. The number of hydrogen-bond acceptors (Lipinski definition) is 5. The molecule has 0 unspecified atom stereocenters. The predicted octanol–water partition coefficient (Wildman–Crippen LogP) is 3.61. The first-order valence-electron chi connectivity index (χ1n) is 9.59. The maximum absolute atomic E-state index is 12.5. The van der Waals surface area contributed by atoms with Crippen molar-refractivity contribution in [3.05, 3.63) is 64.7 Å². The molecule has 7 nitrogen and oxygen atoms in total. The lowest BCUT2D eigenvalue weighted by Crippen LogP contribution is -2.50. The molecule has 0 N–H and O–H groups in total. The van der Waals surface area contributed by atoms with E-state index in [0.29, 0.717) is 47.8 Å². The molecule has 156 valence electrons. The fourth-order valence-electron chi connectivity index (χ4n) is 3.33. The molecule has 9 heteroatoms. The topological polar surface area (TPSA) is 63.5 Å². The van der Waals surface area contributed by atoms with Gasteiger partial charge < -0.3 is 19.1 Å². The minimum absolute atomic E-state index is 0.0637. The highest BCUT2D eigenvalue weighted by Crippen LogP contribution is 2.27. The zero-order chi connectivity index (χ0) is 21.1. The van der Waals surface area contributed by atoms with E-state index in [-0.39, 0.29) is 12.5 Å². The Balaban J connectivity index is 1.35. The SMILES string of the molecule is Cc1nc(N2CCN(C(=O)COc3ccc(Cl)cc3Cl)CC2)cc(-n2cccc2)n1. The first-order chi connectivity index (χ1) is 14.5. The summed E-state index contributed by atoms with van der Waals surface area (Å²) in [6.45, 7) is 4.39. The number of amides is 1. The number of rotatable bonds is 5. The summed E-state index contributed by atoms with van der Waals surface area (Å²) in [4.78, 5) is 25.6. The number of halogens is 2. The minimum atomic E-state index is -0.0763. The molecule has 0 saturated carbocycles. The Morgan fingerprint density at radius 2 is 1.73 bits per heavy atom. The number of hydrogen-bond donors (Lipinski definition) is 0. The number of piperazine rings is 1. The molecule has 1 fully saturated rings. The summed E-state index contributed by atoms with van der Waals surface area (Å²) in [5.74, 6) is 2.77. The molecule has 1 aliphatic rings. The summed E-state index contributed by atoms with van der Waals surface area (Å²) in [6.07, 6.45) is 3.91. The van der Waals surface area contributed by atoms with E-state index in [0.717, 1.165) is 11.6 Å². The average Bonchev–Trinajstić information content (AvgIpc) is 3.28. The molecule has 0 bridgehead atoms. The van der Waals surface area contributed by atoms with Crippen LogP contribution in [0.1, 0.15) is 5.82 Å². The molecule has 1 saturated heterocycles. The zero-order valence-electron chi connectivity index (χ0n) is 16.5. The second-order valence-electron chi connectivity index (χ2n) is 6.95. The maximum atomic E-state index is 12.5. The fourth-order valence-corrected chi connectivity index (χ4v) is 3.79. The normalized spacial score (nSPS) is 14.1. The van der Waals surface area contributed by atoms with Crippen LogP contribution in [0.15, 0.2) is 48.8 Å². The predicted molar refractivity (Wildman–Crippen MR) is 117 cm³/mol. The molecule has 0 radical (unpaired) electrons. The van der Waals surface area contributed by atoms with E-state index in [1.807, 2.05) is 42.1 Å². The van der Waals surface area contributed by atoms with Gasteiger partial charge in [0.25, 0.3) is 5.91 Å². The second kappa shape index (κ2) is 8.93. The van der Waals surface area contributed by atoms with Gasteiger partial charge in [-0.1, -0.05) is 23.2 Å². The summed E-state index contributed by atoms with van der Waals surface area (Å²) < 4.78 is 7.53. The van der Waals surface area contributed by atoms with Gasteiger partial charge in [0.2, 0.25) is 0 Å². The number of ether oxygens (including phenoxy) is 1. The van der Waals surface area contributed by atoms with Crippen molar-refractivity contribution in [3.8, 4) is 11.6 Å². The van der Waals surface area contributed by atoms with Crippen molar-refractivity contribution in [1.29, 1.82) is 0 Å². The third kappa shape index (κ3) is 4.68. The van der Waals surface area contributed by atoms with Gasteiger partial charge in [0.1, 0.15) is 23.2 Å². The summed E-state index contributed by atoms with van der Waals surface area (Å²) in [5.41, 5.74) is 0. The highest BCUT2D eigenvalue weighted by Gasteiger charge is 2.23. The van der Waals surface area contributed by atoms with Crippen LogP contribution < -0.4 is 9.64 Å². The smallest absolute Gasteiger partial charge is 0.260 e. The number of nitrogens with zero attached hydrogens (tertiary/aromatic N) is 5. The van der Waals surface area contributed by atoms with Crippen LogP contribution in [0.4, 0.5) is 5.82 Å². The fraction of sp³-hybridized carbons (Fsp3) is 0.286. The van der Waals surface area contributed by atoms with Gasteiger partial charge in [0.05, 0.1) is 5.02 Å². The molecule has 2 aromatic heterocycles. The van der Waals surface area contributed by atoms with Gasteiger partial charge in [-0.25, -0.2) is 9.97 Å². The van der Waals surface area contributed by atoms with E-state index in [2.05, 4.69) is 14.9 Å². The van der Waals surface area contributed by atoms with Crippen LogP contribution in [-0.2, 0) is 4.79 Å². The van der Waals surface area contributed by atoms with E-state index in [4.69, 9.17) is 27.9 Å². The molecular formula is C21H21Cl2N5O2. The van der Waals surface area contributed by atoms with E-state index in [1.165, 1.54) is 0 Å². The van der Waals surface area contributed by atoms with E-state index in [1.54, 1.807) is 23.1 Å². The third-order valence-electron chi connectivity index (χ3n) is 4.88. The number of aryl methyl sites for hydroxylation is 1. The number of aromatic nitrogens is 3. The van der Waals surface area contributed by atoms with Gasteiger partial charge in [-0.3, -0.25) is 4.79 Å². The Morgan fingerprint density at radius 3 is 2.43 bits per heavy atom. The van der Waals surface area contributed by atoms with Crippen LogP contribution in [0.25, 0.3) is 5.82 Å². The standard InChI is InChI=1S/C21H21Cl2N5O2/c1-15-24-19(26-6-2-3-7-26)13-20(25-15)27-8-10-28(11-9-27)21(29)14-30-18-5-4-16(22)12-17(18)23/h2-7,12-13H,8-11,14H2,1H3. The van der Waals surface area contributed by atoms with Crippen LogP contribution in [0.5, 0.6) is 5.75 Å². The van der Waals surface area contributed by atoms with Crippen LogP contribution >= 0.6 is 23.2 Å². The van der Waals surface area contributed by atoms with Crippen LogP contribution in [0.2, 0.25) is 10.0 Å². The Bertz CT molecular complexity index is 1030. The van der Waals surface area contributed by atoms with Gasteiger partial charge in [-0.05, 0) is 37.3 Å². The van der Waals surface area contributed by atoms with Gasteiger partial charge in [-0.2, -0.15) is 0 Å². The van der Waals surface area contributed by atoms with Crippen molar-refractivity contribution < 1.29 is 9.53 Å². The molecule has 4 rings (SSSR count). The summed E-state index contributed by atoms with van der Waals surface area (Å²) in [7, 11) is 0. The van der Waals surface area contributed by atoms with E-state index in [9.17, 15) is 4.79 Å². The minimum Gasteiger partial charge on any atom is -0.482 e. The first-order valence-corrected chi connectivity index (χ1v) is 10.3. The van der Waals surface area contributed by atoms with Crippen molar-refractivity contribution in [2.75, 3.05) is 37.7 Å². The highest BCUT2D eigenvalue weighted by molar-refractivity contribution is 6.35. The van der Waals surface area contributed by atoms with E-state index < -0.39 is 0 Å². The van der Waals surface area contributed by atoms with Crippen molar-refractivity contribution in [2.24, 2.45) is 0 Å². The van der Waals surface area contributed by atoms with Crippen molar-refractivity contribution in [1.82, 2.24) is 19.4 Å². The molecule has 3 aromatic rings. The lowest BCUT2D eigenvalue weighted by molar-refractivity contribution is -0.133. The number of carbonyl (C=O) groups excluding carboxylic acids is 1. The van der Waals surface area contributed by atoms with Gasteiger partial charge in [-0.15, -0.1) is 0 Å². The Labute approximate surface area is 184 Å². The molecule has 0 atom stereocenters. The highest BCUT2D eigenvalue weighted by atomic mass is 35.5. The van der Waals surface area contributed by atoms with Gasteiger partial charge >= 0.3 is 0 Å². The van der Waals surface area contributed by atoms with Crippen molar-refractivity contribution in [3.63, 3.8) is 0 Å². The molecule has 0 spiro atoms.